The van der Waals surface area contributed by atoms with Crippen LogP contribution >= 0.6 is 0 Å². The summed E-state index contributed by atoms with van der Waals surface area (Å²) < 4.78 is 9.11. The van der Waals surface area contributed by atoms with E-state index in [1.165, 1.54) is 66.0 Å². The Kier molecular flexibility index (Phi) is 10.9. The number of nitrogens with zero attached hydrogens (tertiary/aromatic N) is 5. The average Bonchev–Trinajstić information content (AvgIpc) is 1.28. The number of benzene rings is 9. The summed E-state index contributed by atoms with van der Waals surface area (Å²) in [6.07, 6.45) is 0. The SMILES string of the molecule is CC(C)(C)c1ccc(N(c2ccc(C(C)(C)C)cc2)c2ccc3c(c2)N(c2ccc4oc5ccccc5c4c2)c2cc(C#N)cc4c2B3c2cc(C(C)(C)C)cc3c2N4c2cc(C(C)(C)C)cc4c5cc(C(C)(C)C)ccc5n-3c24)cc1. The molecule has 6 nitrogen and oxygen atoms in total. The van der Waals surface area contributed by atoms with Crippen molar-refractivity contribution in [2.45, 2.75) is 131 Å². The van der Waals surface area contributed by atoms with Gasteiger partial charge in [0.25, 0.3) is 6.71 Å². The number of fused-ring (bicyclic) bond motifs is 12. The molecule has 0 atom stereocenters. The van der Waals surface area contributed by atoms with E-state index in [0.717, 1.165) is 78.8 Å². The first-order valence-corrected chi connectivity index (χ1v) is 29.3. The molecule has 3 aliphatic heterocycles. The largest absolute Gasteiger partial charge is 0.456 e. The van der Waals surface area contributed by atoms with Gasteiger partial charge in [-0.2, -0.15) is 5.26 Å². The third kappa shape index (κ3) is 7.81. The molecule has 3 aliphatic rings. The Balaban J connectivity index is 1.11. The lowest BCUT2D eigenvalue weighted by Crippen LogP contribution is -2.62. The maximum atomic E-state index is 11.4. The molecule has 11 aromatic rings. The van der Waals surface area contributed by atoms with Crippen LogP contribution in [-0.4, -0.2) is 11.3 Å². The van der Waals surface area contributed by atoms with E-state index in [1.54, 1.807) is 0 Å². The zero-order valence-corrected chi connectivity index (χ0v) is 50.3. The second-order valence-corrected chi connectivity index (χ2v) is 28.7. The molecule has 0 saturated heterocycles. The highest BCUT2D eigenvalue weighted by Gasteiger charge is 2.48. The van der Waals surface area contributed by atoms with Crippen LogP contribution in [0.3, 0.4) is 0 Å². The standard InChI is InChI=1S/C75H72BN5O/c1-71(2,3)45-20-25-50(26-21-45)78(51-27-22-46(23-28-51)72(4,5)6)53-29-31-58-61(42-53)79(52-30-33-67-56(41-52)54-18-16-17-19-66(54)82-67)62-34-44(43-77)35-63-68(62)76(58)59-38-49(75(13,14)15)40-65-70(59)81(63)64-39-48(74(10,11)12)37-57-55-36-47(73(7,8)9)24-32-60(55)80(65)69(57)64/h16-42H,1-15H3. The monoisotopic (exact) mass is 1070 g/mol. The number of hydrogen-bond acceptors (Lipinski definition) is 5. The van der Waals surface area contributed by atoms with Crippen molar-refractivity contribution in [1.82, 2.24) is 4.57 Å². The molecule has 7 heteroatoms. The normalized spacial score (nSPS) is 14.0. The van der Waals surface area contributed by atoms with Gasteiger partial charge in [-0.3, -0.25) is 0 Å². The fraction of sp³-hybridized carbons (Fsp3) is 0.267. The zero-order chi connectivity index (χ0) is 57.5. The summed E-state index contributed by atoms with van der Waals surface area (Å²) in [7, 11) is 0. The average molecular weight is 1070 g/mol. The molecule has 0 amide bonds. The molecule has 9 aromatic carbocycles. The third-order valence-electron chi connectivity index (χ3n) is 18.0. The van der Waals surface area contributed by atoms with Crippen LogP contribution in [0, 0.1) is 11.3 Å². The summed E-state index contributed by atoms with van der Waals surface area (Å²) in [4.78, 5) is 7.43. The zero-order valence-electron chi connectivity index (χ0n) is 50.3. The van der Waals surface area contributed by atoms with Gasteiger partial charge < -0.3 is 23.7 Å². The van der Waals surface area contributed by atoms with Crippen molar-refractivity contribution in [1.29, 1.82) is 5.26 Å². The number of rotatable bonds is 4. The highest BCUT2D eigenvalue weighted by Crippen LogP contribution is 2.55. The molecule has 0 saturated carbocycles. The second-order valence-electron chi connectivity index (χ2n) is 28.7. The molecule has 0 spiro atoms. The van der Waals surface area contributed by atoms with Crippen molar-refractivity contribution in [3.63, 3.8) is 0 Å². The van der Waals surface area contributed by atoms with Gasteiger partial charge in [-0.1, -0.05) is 165 Å². The molecule has 0 unspecified atom stereocenters. The van der Waals surface area contributed by atoms with E-state index in [9.17, 15) is 5.26 Å². The number of aromatic nitrogens is 1. The molecular formula is C75H72BN5O. The first-order valence-electron chi connectivity index (χ1n) is 29.3. The van der Waals surface area contributed by atoms with Crippen molar-refractivity contribution in [2.24, 2.45) is 0 Å². The Hall–Kier alpha value is -8.47. The Morgan fingerprint density at radius 3 is 1.59 bits per heavy atom. The van der Waals surface area contributed by atoms with Gasteiger partial charge in [0.2, 0.25) is 0 Å². The van der Waals surface area contributed by atoms with E-state index < -0.39 is 0 Å². The van der Waals surface area contributed by atoms with Crippen LogP contribution in [0.4, 0.5) is 51.2 Å². The van der Waals surface area contributed by atoms with Gasteiger partial charge in [0.05, 0.1) is 39.7 Å². The van der Waals surface area contributed by atoms with Crippen LogP contribution in [0.25, 0.3) is 49.4 Å². The molecule has 0 N–H and O–H groups in total. The topological polar surface area (TPSA) is 51.6 Å². The molecule has 0 fully saturated rings. The lowest BCUT2D eigenvalue weighted by Gasteiger charge is -2.47. The van der Waals surface area contributed by atoms with Crippen LogP contribution < -0.4 is 31.1 Å². The summed E-state index contributed by atoms with van der Waals surface area (Å²) in [6.45, 7) is 34.4. The van der Waals surface area contributed by atoms with E-state index in [2.05, 4.69) is 287 Å². The number of hydrogen-bond donors (Lipinski definition) is 0. The highest BCUT2D eigenvalue weighted by atomic mass is 16.3. The molecule has 0 radical (unpaired) electrons. The van der Waals surface area contributed by atoms with Gasteiger partial charge in [0, 0.05) is 61.4 Å². The second kappa shape index (κ2) is 17.3. The highest BCUT2D eigenvalue weighted by molar-refractivity contribution is 7.00. The minimum atomic E-state index is -0.202. The summed E-state index contributed by atoms with van der Waals surface area (Å²) in [5, 5.41) is 16.0. The Bertz CT molecular complexity index is 4490. The van der Waals surface area contributed by atoms with Crippen LogP contribution in [-0.2, 0) is 27.1 Å². The summed E-state index contributed by atoms with van der Waals surface area (Å²) in [5.74, 6) is 0. The molecule has 406 valence electrons. The number of furan rings is 1. The first-order chi connectivity index (χ1) is 38.8. The van der Waals surface area contributed by atoms with Crippen LogP contribution in [0.5, 0.6) is 0 Å². The number of anilines is 9. The minimum Gasteiger partial charge on any atom is -0.456 e. The van der Waals surface area contributed by atoms with E-state index >= 15 is 0 Å². The minimum absolute atomic E-state index is 0.00770. The fourth-order valence-electron chi connectivity index (χ4n) is 13.4. The maximum absolute atomic E-state index is 11.4. The van der Waals surface area contributed by atoms with Crippen LogP contribution in [0.15, 0.2) is 168 Å². The fourth-order valence-corrected chi connectivity index (χ4v) is 13.4. The van der Waals surface area contributed by atoms with E-state index in [1.807, 2.05) is 6.07 Å². The molecule has 2 aromatic heterocycles. The summed E-state index contributed by atoms with van der Waals surface area (Å²) >= 11 is 0. The Morgan fingerprint density at radius 2 is 0.963 bits per heavy atom. The van der Waals surface area contributed by atoms with Gasteiger partial charge in [-0.05, 0) is 174 Å². The first kappa shape index (κ1) is 51.7. The quantitative estimate of drug-likeness (QED) is 0.164. The van der Waals surface area contributed by atoms with E-state index in [-0.39, 0.29) is 33.8 Å². The maximum Gasteiger partial charge on any atom is 0.252 e. The van der Waals surface area contributed by atoms with E-state index in [0.29, 0.717) is 5.56 Å². The molecule has 5 heterocycles. The van der Waals surface area contributed by atoms with Crippen molar-refractivity contribution >= 4 is 118 Å². The van der Waals surface area contributed by atoms with Crippen molar-refractivity contribution in [3.8, 4) is 11.8 Å². The molecular weight excluding hydrogens is 998 g/mol. The third-order valence-corrected chi connectivity index (χ3v) is 18.0. The summed E-state index contributed by atoms with van der Waals surface area (Å²) in [6, 6.07) is 64.5. The molecule has 14 rings (SSSR count). The van der Waals surface area contributed by atoms with Gasteiger partial charge in [-0.25, -0.2) is 0 Å². The summed E-state index contributed by atoms with van der Waals surface area (Å²) in [5.41, 5.74) is 25.1. The number of para-hydroxylation sites is 1. The van der Waals surface area contributed by atoms with Crippen molar-refractivity contribution in [3.05, 3.63) is 197 Å². The smallest absolute Gasteiger partial charge is 0.252 e. The van der Waals surface area contributed by atoms with Crippen LogP contribution in [0.1, 0.15) is 137 Å². The molecule has 0 bridgehead atoms. The van der Waals surface area contributed by atoms with Crippen molar-refractivity contribution < 1.29 is 4.42 Å². The van der Waals surface area contributed by atoms with Gasteiger partial charge >= 0.3 is 0 Å². The predicted molar refractivity (Wildman–Crippen MR) is 349 cm³/mol. The number of nitriles is 1. The van der Waals surface area contributed by atoms with Crippen LogP contribution in [0.2, 0.25) is 0 Å². The van der Waals surface area contributed by atoms with Gasteiger partial charge in [0.1, 0.15) is 11.2 Å². The molecule has 82 heavy (non-hydrogen) atoms. The van der Waals surface area contributed by atoms with Gasteiger partial charge in [0.15, 0.2) is 0 Å². The van der Waals surface area contributed by atoms with Crippen molar-refractivity contribution in [2.75, 3.05) is 14.7 Å². The molecule has 0 aliphatic carbocycles. The van der Waals surface area contributed by atoms with Gasteiger partial charge in [-0.15, -0.1) is 0 Å². The Morgan fingerprint density at radius 1 is 0.415 bits per heavy atom. The van der Waals surface area contributed by atoms with E-state index in [4.69, 9.17) is 4.42 Å². The Labute approximate surface area is 484 Å². The lowest BCUT2D eigenvalue weighted by molar-refractivity contribution is 0.590. The predicted octanol–water partition coefficient (Wildman–Crippen LogP) is 18.9. The lowest BCUT2D eigenvalue weighted by atomic mass is 9.33.